The molecule has 0 unspecified atom stereocenters. The molecular formula is C43H38N4O3S. The van der Waals surface area contributed by atoms with Gasteiger partial charge in [-0.25, -0.2) is 0 Å². The normalized spacial score (nSPS) is 14.5. The predicted octanol–water partition coefficient (Wildman–Crippen LogP) is 8.39. The number of allylic oxidation sites excluding steroid dienone is 4. The zero-order valence-electron chi connectivity index (χ0n) is 28.5. The summed E-state index contributed by atoms with van der Waals surface area (Å²) in [5, 5.41) is 4.18. The number of amides is 3. The van der Waals surface area contributed by atoms with Crippen molar-refractivity contribution in [2.24, 2.45) is 4.99 Å². The van der Waals surface area contributed by atoms with Gasteiger partial charge in [-0.15, -0.1) is 0 Å². The summed E-state index contributed by atoms with van der Waals surface area (Å²) < 4.78 is 2.19. The van der Waals surface area contributed by atoms with Gasteiger partial charge in [-0.3, -0.25) is 19.3 Å². The number of nitrogens with zero attached hydrogens (tertiary/aromatic N) is 3. The van der Waals surface area contributed by atoms with Gasteiger partial charge in [0.25, 0.3) is 11.8 Å². The monoisotopic (exact) mass is 690 g/mol. The van der Waals surface area contributed by atoms with E-state index in [1.807, 2.05) is 110 Å². The summed E-state index contributed by atoms with van der Waals surface area (Å²) in [6.45, 7) is 8.20. The molecule has 1 N–H and O–H groups in total. The maximum absolute atomic E-state index is 14.4. The van der Waals surface area contributed by atoms with Crippen LogP contribution >= 0.6 is 11.8 Å². The number of thioether (sulfide) groups is 1. The van der Waals surface area contributed by atoms with Gasteiger partial charge in [0.15, 0.2) is 5.17 Å². The molecule has 0 atom stereocenters. The van der Waals surface area contributed by atoms with Crippen molar-refractivity contribution in [2.45, 2.75) is 26.4 Å². The molecule has 3 amide bonds. The number of amidine groups is 1. The number of nitrogens with one attached hydrogen (secondary N) is 1. The summed E-state index contributed by atoms with van der Waals surface area (Å²) in [4.78, 5) is 47.4. The minimum Gasteiger partial charge on any atom is -0.344 e. The summed E-state index contributed by atoms with van der Waals surface area (Å²) in [5.41, 5.74) is 6.14. The summed E-state index contributed by atoms with van der Waals surface area (Å²) in [6, 6.07) is 37.2. The zero-order chi connectivity index (χ0) is 35.7. The van der Waals surface area contributed by atoms with Gasteiger partial charge < -0.3 is 9.88 Å². The second-order valence-corrected chi connectivity index (χ2v) is 12.8. The molecule has 51 heavy (non-hydrogen) atoms. The van der Waals surface area contributed by atoms with Crippen molar-refractivity contribution in [2.75, 3.05) is 5.75 Å². The van der Waals surface area contributed by atoms with E-state index in [9.17, 15) is 14.4 Å². The number of hydrogen-bond donors (Lipinski definition) is 1. The van der Waals surface area contributed by atoms with E-state index in [0.29, 0.717) is 12.2 Å². The third-order valence-electron chi connectivity index (χ3n) is 8.66. The number of carbonyl (C=O) groups excluding carboxylic acids is 3. The maximum atomic E-state index is 14.4. The van der Waals surface area contributed by atoms with E-state index in [1.165, 1.54) is 4.90 Å². The molecule has 1 aliphatic heterocycles. The second kappa shape index (κ2) is 16.1. The molecule has 4 aromatic carbocycles. The van der Waals surface area contributed by atoms with Gasteiger partial charge in [-0.05, 0) is 48.8 Å². The molecule has 0 saturated carbocycles. The van der Waals surface area contributed by atoms with Crippen LogP contribution in [0.2, 0.25) is 0 Å². The zero-order valence-corrected chi connectivity index (χ0v) is 29.3. The van der Waals surface area contributed by atoms with Gasteiger partial charge in [0.2, 0.25) is 5.91 Å². The molecule has 0 fully saturated rings. The number of fused-ring (bicyclic) bond motifs is 1. The lowest BCUT2D eigenvalue weighted by Crippen LogP contribution is -2.42. The fourth-order valence-electron chi connectivity index (χ4n) is 6.15. The summed E-state index contributed by atoms with van der Waals surface area (Å²) in [7, 11) is 0. The molecule has 1 aromatic heterocycles. The minimum absolute atomic E-state index is 0.0610. The second-order valence-electron chi connectivity index (χ2n) is 11.9. The van der Waals surface area contributed by atoms with E-state index < -0.39 is 11.8 Å². The number of para-hydroxylation sites is 1. The van der Waals surface area contributed by atoms with Crippen LogP contribution in [0, 0.1) is 6.92 Å². The Bertz CT molecular complexity index is 2160. The molecular weight excluding hydrogens is 653 g/mol. The molecule has 0 aliphatic carbocycles. The Morgan fingerprint density at radius 1 is 0.882 bits per heavy atom. The molecule has 5 aromatic rings. The van der Waals surface area contributed by atoms with Crippen molar-refractivity contribution < 1.29 is 14.4 Å². The topological polar surface area (TPSA) is 83.8 Å². The molecule has 0 bridgehead atoms. The summed E-state index contributed by atoms with van der Waals surface area (Å²) in [6.07, 6.45) is 8.47. The van der Waals surface area contributed by atoms with E-state index in [4.69, 9.17) is 0 Å². The summed E-state index contributed by atoms with van der Waals surface area (Å²) >= 11 is 1.04. The molecule has 1 aliphatic rings. The first-order chi connectivity index (χ1) is 24.9. The minimum atomic E-state index is -0.659. The maximum Gasteiger partial charge on any atom is 0.285 e. The lowest BCUT2D eigenvalue weighted by Gasteiger charge is -2.28. The van der Waals surface area contributed by atoms with E-state index in [1.54, 1.807) is 37.3 Å². The standard InChI is InChI=1S/C43H38N4O3S/c1-4-6-24-34(5-2)47-42(50)37(27-36-30(3)46(28-31-18-10-7-11-19-31)38-26-17-16-25-35(36)38)41(49)45-43(47)51-29-39(48)44-40(32-20-12-8-13-21-32)33-22-14-9-15-23-33/h4-27,40H,1,28-29H2,2-3H3,(H,44,48)/b24-6-,34-5+,37-27+. The molecule has 2 heterocycles. The molecule has 254 valence electrons. The number of aromatic nitrogens is 1. The molecule has 0 spiro atoms. The molecule has 7 nitrogen and oxygen atoms in total. The number of aliphatic imine (C=N–C) groups is 1. The van der Waals surface area contributed by atoms with Crippen LogP contribution in [-0.2, 0) is 20.9 Å². The first-order valence-electron chi connectivity index (χ1n) is 16.7. The highest BCUT2D eigenvalue weighted by atomic mass is 32.2. The van der Waals surface area contributed by atoms with Gasteiger partial charge >= 0.3 is 0 Å². The quantitative estimate of drug-likeness (QED) is 0.0858. The van der Waals surface area contributed by atoms with Crippen molar-refractivity contribution in [1.82, 2.24) is 14.8 Å². The molecule has 8 heteroatoms. The van der Waals surface area contributed by atoms with Crippen LogP contribution in [0.4, 0.5) is 0 Å². The van der Waals surface area contributed by atoms with Crippen molar-refractivity contribution in [3.05, 3.63) is 185 Å². The van der Waals surface area contributed by atoms with E-state index in [-0.39, 0.29) is 28.4 Å². The first-order valence-corrected chi connectivity index (χ1v) is 17.7. The number of rotatable bonds is 11. The Balaban J connectivity index is 1.33. The highest BCUT2D eigenvalue weighted by Crippen LogP contribution is 2.32. The predicted molar refractivity (Wildman–Crippen MR) is 208 cm³/mol. The highest BCUT2D eigenvalue weighted by Gasteiger charge is 2.35. The number of benzene rings is 4. The van der Waals surface area contributed by atoms with Crippen LogP contribution in [0.1, 0.15) is 40.9 Å². The van der Waals surface area contributed by atoms with Crippen molar-refractivity contribution in [1.29, 1.82) is 0 Å². The van der Waals surface area contributed by atoms with Crippen molar-refractivity contribution >= 4 is 51.6 Å². The lowest BCUT2D eigenvalue weighted by atomic mass is 9.99. The Morgan fingerprint density at radius 3 is 2.12 bits per heavy atom. The largest absolute Gasteiger partial charge is 0.344 e. The fraction of sp³-hybridized carbons (Fsp3) is 0.116. The average molecular weight is 691 g/mol. The molecule has 6 rings (SSSR count). The number of carbonyl (C=O) groups is 3. The van der Waals surface area contributed by atoms with Gasteiger partial charge in [0.05, 0.1) is 11.8 Å². The van der Waals surface area contributed by atoms with Crippen LogP contribution in [0.25, 0.3) is 17.0 Å². The van der Waals surface area contributed by atoms with Crippen LogP contribution in [0.5, 0.6) is 0 Å². The molecule has 0 saturated heterocycles. The fourth-order valence-corrected chi connectivity index (χ4v) is 6.96. The molecule has 0 radical (unpaired) electrons. The van der Waals surface area contributed by atoms with Crippen LogP contribution in [-0.4, -0.2) is 38.1 Å². The first kappa shape index (κ1) is 34.9. The Labute approximate surface area is 302 Å². The van der Waals surface area contributed by atoms with Gasteiger partial charge in [-0.1, -0.05) is 146 Å². The van der Waals surface area contributed by atoms with E-state index in [2.05, 4.69) is 33.6 Å². The average Bonchev–Trinajstić information content (AvgIpc) is 3.42. The van der Waals surface area contributed by atoms with E-state index >= 15 is 0 Å². The summed E-state index contributed by atoms with van der Waals surface area (Å²) in [5.74, 6) is -1.52. The Morgan fingerprint density at radius 2 is 1.49 bits per heavy atom. The van der Waals surface area contributed by atoms with E-state index in [0.717, 1.165) is 50.6 Å². The lowest BCUT2D eigenvalue weighted by molar-refractivity contribution is -0.126. The SMILES string of the molecule is C=C/C=C\C(=C/C)N1C(=O)/C(=C/c2c(C)n(Cc3ccccc3)c3ccccc23)C(=O)N=C1SCC(=O)NC(c1ccccc1)c1ccccc1. The van der Waals surface area contributed by atoms with Gasteiger partial charge in [-0.2, -0.15) is 4.99 Å². The van der Waals surface area contributed by atoms with Crippen LogP contribution < -0.4 is 5.32 Å². The Hall–Kier alpha value is -5.99. The Kier molecular flexibility index (Phi) is 11.0. The van der Waals surface area contributed by atoms with Crippen LogP contribution in [0.3, 0.4) is 0 Å². The third-order valence-corrected chi connectivity index (χ3v) is 9.60. The highest BCUT2D eigenvalue weighted by molar-refractivity contribution is 8.14. The van der Waals surface area contributed by atoms with Gasteiger partial charge in [0, 0.05) is 34.4 Å². The van der Waals surface area contributed by atoms with Crippen molar-refractivity contribution in [3.8, 4) is 0 Å². The number of hydrogen-bond acceptors (Lipinski definition) is 4. The smallest absolute Gasteiger partial charge is 0.285 e. The van der Waals surface area contributed by atoms with Crippen molar-refractivity contribution in [3.63, 3.8) is 0 Å². The van der Waals surface area contributed by atoms with Crippen LogP contribution in [0.15, 0.2) is 162 Å². The van der Waals surface area contributed by atoms with Gasteiger partial charge in [0.1, 0.15) is 5.57 Å². The third kappa shape index (κ3) is 7.77.